The number of esters is 3. The van der Waals surface area contributed by atoms with E-state index in [1.54, 1.807) is 0 Å². The average Bonchev–Trinajstić information content (AvgIpc) is 3.46. The predicted molar refractivity (Wildman–Crippen MR) is 349 cm³/mol. The van der Waals surface area contributed by atoms with Gasteiger partial charge in [-0.2, -0.15) is 0 Å². The van der Waals surface area contributed by atoms with Gasteiger partial charge in [0.2, 0.25) is 0 Å². The second kappa shape index (κ2) is 68.9. The van der Waals surface area contributed by atoms with Crippen LogP contribution in [-0.4, -0.2) is 37.2 Å². The van der Waals surface area contributed by atoms with Crippen LogP contribution in [0.5, 0.6) is 0 Å². The summed E-state index contributed by atoms with van der Waals surface area (Å²) in [6, 6.07) is 0. The number of unbranched alkanes of at least 4 members (excludes halogenated alkanes) is 47. The van der Waals surface area contributed by atoms with Crippen molar-refractivity contribution in [3.05, 3.63) is 48.6 Å². The highest BCUT2D eigenvalue weighted by molar-refractivity contribution is 5.71. The molecule has 0 N–H and O–H groups in total. The molecule has 0 radical (unpaired) electrons. The van der Waals surface area contributed by atoms with E-state index in [-0.39, 0.29) is 31.1 Å². The van der Waals surface area contributed by atoms with Gasteiger partial charge in [-0.05, 0) is 83.5 Å². The van der Waals surface area contributed by atoms with Crippen molar-refractivity contribution in [2.45, 2.75) is 393 Å². The quantitative estimate of drug-likeness (QED) is 0.0261. The molecule has 0 bridgehead atoms. The van der Waals surface area contributed by atoms with Gasteiger partial charge in [0.25, 0.3) is 0 Å². The summed E-state index contributed by atoms with van der Waals surface area (Å²) < 4.78 is 17.0. The van der Waals surface area contributed by atoms with E-state index in [2.05, 4.69) is 69.4 Å². The molecule has 0 rings (SSSR count). The van der Waals surface area contributed by atoms with E-state index in [0.717, 1.165) is 70.6 Å². The van der Waals surface area contributed by atoms with Crippen LogP contribution in [0.3, 0.4) is 0 Å². The largest absolute Gasteiger partial charge is 0.462 e. The summed E-state index contributed by atoms with van der Waals surface area (Å²) in [5, 5.41) is 0. The summed E-state index contributed by atoms with van der Waals surface area (Å²) in [7, 11) is 0. The Bertz CT molecular complexity index is 1380. The zero-order chi connectivity index (χ0) is 57.8. The van der Waals surface area contributed by atoms with Crippen LogP contribution < -0.4 is 0 Å². The first kappa shape index (κ1) is 77.4. The van der Waals surface area contributed by atoms with Crippen molar-refractivity contribution < 1.29 is 28.6 Å². The van der Waals surface area contributed by atoms with Crippen molar-refractivity contribution in [3.8, 4) is 0 Å². The lowest BCUT2D eigenvalue weighted by Gasteiger charge is -2.18. The van der Waals surface area contributed by atoms with Crippen molar-refractivity contribution in [1.82, 2.24) is 0 Å². The Kier molecular flexibility index (Phi) is 66.6. The lowest BCUT2D eigenvalue weighted by Crippen LogP contribution is -2.30. The van der Waals surface area contributed by atoms with E-state index < -0.39 is 6.10 Å². The minimum absolute atomic E-state index is 0.0692. The van der Waals surface area contributed by atoms with Crippen molar-refractivity contribution in [3.63, 3.8) is 0 Å². The summed E-state index contributed by atoms with van der Waals surface area (Å²) in [5.74, 6) is -0.847. The van der Waals surface area contributed by atoms with Gasteiger partial charge >= 0.3 is 17.9 Å². The molecule has 0 aromatic heterocycles. The first-order valence-corrected chi connectivity index (χ1v) is 35.6. The van der Waals surface area contributed by atoms with Crippen LogP contribution in [0, 0.1) is 0 Å². The maximum Gasteiger partial charge on any atom is 0.306 e. The van der Waals surface area contributed by atoms with Crippen LogP contribution in [0.2, 0.25) is 0 Å². The highest BCUT2D eigenvalue weighted by atomic mass is 16.6. The fourth-order valence-electron chi connectivity index (χ4n) is 10.7. The monoisotopic (exact) mass is 1120 g/mol. The Morgan fingerprint density at radius 1 is 0.250 bits per heavy atom. The van der Waals surface area contributed by atoms with E-state index in [9.17, 15) is 14.4 Å². The molecular formula is C74H136O6. The number of hydrogen-bond donors (Lipinski definition) is 0. The van der Waals surface area contributed by atoms with Crippen molar-refractivity contribution in [2.75, 3.05) is 13.2 Å². The number of allylic oxidation sites excluding steroid dienone is 8. The minimum atomic E-state index is -0.773. The Morgan fingerprint density at radius 3 is 0.713 bits per heavy atom. The molecule has 0 saturated heterocycles. The van der Waals surface area contributed by atoms with Crippen LogP contribution in [-0.2, 0) is 28.6 Å². The number of carbonyl (C=O) groups excluding carboxylic acids is 3. The van der Waals surface area contributed by atoms with Crippen LogP contribution in [0.1, 0.15) is 387 Å². The van der Waals surface area contributed by atoms with Crippen molar-refractivity contribution in [2.24, 2.45) is 0 Å². The van der Waals surface area contributed by atoms with Crippen molar-refractivity contribution >= 4 is 17.9 Å². The molecule has 1 atom stereocenters. The van der Waals surface area contributed by atoms with Gasteiger partial charge in [-0.25, -0.2) is 0 Å². The molecule has 0 aliphatic heterocycles. The molecular weight excluding hydrogens is 985 g/mol. The molecule has 6 heteroatoms. The molecule has 0 aromatic rings. The predicted octanol–water partition coefficient (Wildman–Crippen LogP) is 24.5. The second-order valence-electron chi connectivity index (χ2n) is 24.1. The second-order valence-corrected chi connectivity index (χ2v) is 24.1. The van der Waals surface area contributed by atoms with Crippen LogP contribution >= 0.6 is 0 Å². The Labute approximate surface area is 498 Å². The highest BCUT2D eigenvalue weighted by Crippen LogP contribution is 2.18. The van der Waals surface area contributed by atoms with Gasteiger partial charge in [0.1, 0.15) is 13.2 Å². The summed E-state index contributed by atoms with van der Waals surface area (Å²) >= 11 is 0. The Hall–Kier alpha value is -2.63. The smallest absolute Gasteiger partial charge is 0.306 e. The van der Waals surface area contributed by atoms with Gasteiger partial charge in [0.15, 0.2) is 6.10 Å². The third-order valence-electron chi connectivity index (χ3n) is 16.1. The lowest BCUT2D eigenvalue weighted by atomic mass is 10.0. The number of ether oxygens (including phenoxy) is 3. The first-order chi connectivity index (χ1) is 39.5. The lowest BCUT2D eigenvalue weighted by molar-refractivity contribution is -0.167. The van der Waals surface area contributed by atoms with Gasteiger partial charge < -0.3 is 14.2 Å². The third kappa shape index (κ3) is 66.2. The van der Waals surface area contributed by atoms with Gasteiger partial charge in [-0.3, -0.25) is 14.4 Å². The number of rotatable bonds is 66. The van der Waals surface area contributed by atoms with Crippen LogP contribution in [0.25, 0.3) is 0 Å². The van der Waals surface area contributed by atoms with Gasteiger partial charge in [0.05, 0.1) is 0 Å². The fraction of sp³-hybridized carbons (Fsp3) is 0.851. The topological polar surface area (TPSA) is 78.9 Å². The fourth-order valence-corrected chi connectivity index (χ4v) is 10.7. The van der Waals surface area contributed by atoms with E-state index >= 15 is 0 Å². The van der Waals surface area contributed by atoms with E-state index in [1.807, 2.05) is 0 Å². The maximum absolute atomic E-state index is 12.9. The normalized spacial score (nSPS) is 12.3. The van der Waals surface area contributed by atoms with E-state index in [0.29, 0.717) is 19.3 Å². The summed E-state index contributed by atoms with van der Waals surface area (Å²) in [4.78, 5) is 38.4. The maximum atomic E-state index is 12.9. The Balaban J connectivity index is 4.18. The van der Waals surface area contributed by atoms with E-state index in [4.69, 9.17) is 14.2 Å². The molecule has 0 fully saturated rings. The molecule has 0 saturated carbocycles. The average molecular weight is 1120 g/mol. The summed E-state index contributed by atoms with van der Waals surface area (Å²) in [5.41, 5.74) is 0. The van der Waals surface area contributed by atoms with Gasteiger partial charge in [0, 0.05) is 19.3 Å². The minimum Gasteiger partial charge on any atom is -0.462 e. The SMILES string of the molecule is CCCCCCC/C=C\C/C=C\C/C=C\CCCCCCCCCCCCCCCCCCC(=O)OCC(COC(=O)CCCCCCCCCCCCCCCC)OC(=O)CCCCCCCCC/C=C\CCCCCCCC. The molecule has 80 heavy (non-hydrogen) atoms. The third-order valence-corrected chi connectivity index (χ3v) is 16.1. The van der Waals surface area contributed by atoms with Crippen LogP contribution in [0.15, 0.2) is 48.6 Å². The first-order valence-electron chi connectivity index (χ1n) is 35.6. The molecule has 0 amide bonds. The number of carbonyl (C=O) groups is 3. The van der Waals surface area contributed by atoms with Gasteiger partial charge in [-0.15, -0.1) is 0 Å². The molecule has 0 spiro atoms. The molecule has 0 heterocycles. The Morgan fingerprint density at radius 2 is 0.450 bits per heavy atom. The highest BCUT2D eigenvalue weighted by Gasteiger charge is 2.19. The summed E-state index contributed by atoms with van der Waals surface area (Å²) in [6.45, 7) is 6.68. The van der Waals surface area contributed by atoms with Crippen molar-refractivity contribution in [1.29, 1.82) is 0 Å². The van der Waals surface area contributed by atoms with Gasteiger partial charge in [-0.1, -0.05) is 333 Å². The molecule has 468 valence electrons. The van der Waals surface area contributed by atoms with E-state index in [1.165, 1.54) is 276 Å². The zero-order valence-corrected chi connectivity index (χ0v) is 53.9. The molecule has 6 nitrogen and oxygen atoms in total. The van der Waals surface area contributed by atoms with Crippen LogP contribution in [0.4, 0.5) is 0 Å². The molecule has 0 aromatic carbocycles. The number of hydrogen-bond acceptors (Lipinski definition) is 6. The standard InChI is InChI=1S/C74H136O6/c1-4-7-10-13-16-19-22-25-28-30-31-32-33-34-35-36-37-38-39-40-41-42-43-45-46-49-52-55-58-61-64-67-73(76)79-70-71(69-78-72(75)66-63-60-57-54-51-48-27-24-21-18-15-12-9-6-3)80-74(77)68-65-62-59-56-53-50-47-44-29-26-23-20-17-14-11-8-5-2/h22,25-26,29-31,33-34,71H,4-21,23-24,27-28,32,35-70H2,1-3H3/b25-22-,29-26-,31-30-,34-33-. The zero-order valence-electron chi connectivity index (χ0n) is 53.9. The molecule has 0 aliphatic carbocycles. The molecule has 1 unspecified atom stereocenters. The summed E-state index contributed by atoms with van der Waals surface area (Å²) in [6.07, 6.45) is 87.1. The molecule has 0 aliphatic rings.